The highest BCUT2D eigenvalue weighted by atomic mass is 16.5. The van der Waals surface area contributed by atoms with Gasteiger partial charge in [0.25, 0.3) is 5.91 Å². The van der Waals surface area contributed by atoms with Gasteiger partial charge in [0.05, 0.1) is 6.42 Å². The van der Waals surface area contributed by atoms with Crippen LogP contribution in [0.15, 0.2) is 17.6 Å². The summed E-state index contributed by atoms with van der Waals surface area (Å²) < 4.78 is 4.44. The van der Waals surface area contributed by atoms with Gasteiger partial charge in [-0.1, -0.05) is 6.58 Å². The number of ether oxygens (including phenoxy) is 1. The highest BCUT2D eigenvalue weighted by molar-refractivity contribution is 5.83. The molecule has 0 radical (unpaired) electrons. The van der Waals surface area contributed by atoms with Crippen molar-refractivity contribution in [2.45, 2.75) is 6.42 Å². The Bertz CT molecular complexity index is 240. The second-order valence-electron chi connectivity index (χ2n) is 1.72. The van der Waals surface area contributed by atoms with Crippen LogP contribution in [0.1, 0.15) is 6.42 Å². The quantitative estimate of drug-likeness (QED) is 0.256. The number of esters is 1. The van der Waals surface area contributed by atoms with Crippen LogP contribution in [0.3, 0.4) is 0 Å². The van der Waals surface area contributed by atoms with E-state index in [1.54, 1.807) is 0 Å². The molecule has 0 rings (SSSR count). The van der Waals surface area contributed by atoms with Gasteiger partial charge in [0.2, 0.25) is 6.08 Å². The largest absolute Gasteiger partial charge is 0.462 e. The van der Waals surface area contributed by atoms with E-state index in [0.717, 1.165) is 12.2 Å². The predicted molar refractivity (Wildman–Crippen MR) is 38.9 cm³/mol. The summed E-state index contributed by atoms with van der Waals surface area (Å²) in [6, 6.07) is 0. The van der Waals surface area contributed by atoms with Crippen molar-refractivity contribution >= 4 is 18.0 Å². The first kappa shape index (κ1) is 10.3. The zero-order chi connectivity index (χ0) is 9.40. The van der Waals surface area contributed by atoms with E-state index in [0.29, 0.717) is 0 Å². The molecule has 5 heteroatoms. The molecule has 0 fully saturated rings. The van der Waals surface area contributed by atoms with Gasteiger partial charge in [0.1, 0.15) is 6.61 Å². The van der Waals surface area contributed by atoms with Crippen LogP contribution in [0.4, 0.5) is 0 Å². The summed E-state index contributed by atoms with van der Waals surface area (Å²) in [6.45, 7) is 3.05. The van der Waals surface area contributed by atoms with Crippen LogP contribution in [0.25, 0.3) is 0 Å². The van der Waals surface area contributed by atoms with Gasteiger partial charge in [-0.3, -0.25) is 4.79 Å². The van der Waals surface area contributed by atoms with Crippen molar-refractivity contribution in [3.05, 3.63) is 12.7 Å². The number of carbonyl (C=O) groups is 2. The summed E-state index contributed by atoms with van der Waals surface area (Å²) in [5.74, 6) is -1.28. The first-order chi connectivity index (χ1) is 5.70. The van der Waals surface area contributed by atoms with Gasteiger partial charge in [0, 0.05) is 6.08 Å². The topological polar surface area (TPSA) is 72.8 Å². The van der Waals surface area contributed by atoms with Crippen LogP contribution in [0.2, 0.25) is 0 Å². The maximum atomic E-state index is 10.5. The molecule has 0 aromatic rings. The van der Waals surface area contributed by atoms with Gasteiger partial charge in [0.15, 0.2) is 0 Å². The SMILES string of the molecule is C=CC(=O)OCCC(=O)N=C=O. The Balaban J connectivity index is 3.56. The normalized spacial score (nSPS) is 8.00. The number of carbonyl (C=O) groups excluding carboxylic acids is 3. The van der Waals surface area contributed by atoms with Gasteiger partial charge in [-0.05, 0) is 0 Å². The van der Waals surface area contributed by atoms with Crippen LogP contribution >= 0.6 is 0 Å². The summed E-state index contributed by atoms with van der Waals surface area (Å²) in [5.41, 5.74) is 0. The molecular weight excluding hydrogens is 162 g/mol. The zero-order valence-electron chi connectivity index (χ0n) is 6.28. The Morgan fingerprint density at radius 2 is 2.25 bits per heavy atom. The standard InChI is InChI=1S/C7H7NO4/c1-2-7(11)12-4-3-6(10)8-5-9/h2H,1,3-4H2. The number of aliphatic imine (C=N–C) groups is 1. The first-order valence-corrected chi connectivity index (χ1v) is 3.10. The molecule has 64 valence electrons. The Kier molecular flexibility index (Phi) is 5.13. The average Bonchev–Trinajstić information content (AvgIpc) is 2.04. The molecule has 12 heavy (non-hydrogen) atoms. The van der Waals surface area contributed by atoms with E-state index in [2.05, 4.69) is 16.3 Å². The third-order valence-electron chi connectivity index (χ3n) is 0.897. The lowest BCUT2D eigenvalue weighted by Gasteiger charge is -1.96. The molecule has 5 nitrogen and oxygen atoms in total. The Morgan fingerprint density at radius 3 is 2.75 bits per heavy atom. The molecule has 0 heterocycles. The van der Waals surface area contributed by atoms with Gasteiger partial charge < -0.3 is 4.74 Å². The van der Waals surface area contributed by atoms with E-state index >= 15 is 0 Å². The Morgan fingerprint density at radius 1 is 1.58 bits per heavy atom. The minimum absolute atomic E-state index is 0.102. The average molecular weight is 169 g/mol. The number of nitrogens with zero attached hydrogens (tertiary/aromatic N) is 1. The third kappa shape index (κ3) is 5.08. The van der Waals surface area contributed by atoms with E-state index in [1.165, 1.54) is 0 Å². The van der Waals surface area contributed by atoms with Gasteiger partial charge in [-0.15, -0.1) is 4.99 Å². The minimum Gasteiger partial charge on any atom is -0.462 e. The third-order valence-corrected chi connectivity index (χ3v) is 0.897. The molecular formula is C7H7NO4. The zero-order valence-corrected chi connectivity index (χ0v) is 6.28. The summed E-state index contributed by atoms with van der Waals surface area (Å²) >= 11 is 0. The van der Waals surface area contributed by atoms with Crippen molar-refractivity contribution in [2.75, 3.05) is 6.61 Å². The molecule has 0 aliphatic heterocycles. The number of hydrogen-bond acceptors (Lipinski definition) is 4. The van der Waals surface area contributed by atoms with Crippen LogP contribution < -0.4 is 0 Å². The molecule has 0 aliphatic carbocycles. The second kappa shape index (κ2) is 6.00. The monoisotopic (exact) mass is 169 g/mol. The van der Waals surface area contributed by atoms with Crippen molar-refractivity contribution < 1.29 is 19.1 Å². The maximum Gasteiger partial charge on any atom is 0.330 e. The Labute approximate surface area is 68.7 Å². The molecule has 0 aromatic carbocycles. The van der Waals surface area contributed by atoms with Crippen molar-refractivity contribution in [3.8, 4) is 0 Å². The highest BCUT2D eigenvalue weighted by Crippen LogP contribution is 1.87. The number of isocyanates is 1. The summed E-state index contributed by atoms with van der Waals surface area (Å²) in [7, 11) is 0. The molecule has 0 N–H and O–H groups in total. The van der Waals surface area contributed by atoms with Gasteiger partial charge in [-0.25, -0.2) is 9.59 Å². The van der Waals surface area contributed by atoms with Crippen molar-refractivity contribution in [1.29, 1.82) is 0 Å². The fraction of sp³-hybridized carbons (Fsp3) is 0.286. The minimum atomic E-state index is -0.665. The summed E-state index contributed by atoms with van der Waals surface area (Å²) in [5, 5.41) is 0. The maximum absolute atomic E-state index is 10.5. The van der Waals surface area contributed by atoms with Crippen molar-refractivity contribution in [3.63, 3.8) is 0 Å². The smallest absolute Gasteiger partial charge is 0.330 e. The second-order valence-corrected chi connectivity index (χ2v) is 1.72. The van der Waals surface area contributed by atoms with Crippen molar-refractivity contribution in [1.82, 2.24) is 0 Å². The summed E-state index contributed by atoms with van der Waals surface area (Å²) in [4.78, 5) is 33.2. The molecule has 0 saturated heterocycles. The van der Waals surface area contributed by atoms with Crippen LogP contribution in [-0.4, -0.2) is 24.6 Å². The van der Waals surface area contributed by atoms with Crippen LogP contribution in [-0.2, 0) is 19.1 Å². The lowest BCUT2D eigenvalue weighted by atomic mass is 10.4. The molecule has 0 saturated carbocycles. The molecule has 0 unspecified atom stereocenters. The van der Waals surface area contributed by atoms with E-state index in [1.807, 2.05) is 0 Å². The number of hydrogen-bond donors (Lipinski definition) is 0. The lowest BCUT2D eigenvalue weighted by Crippen LogP contribution is -2.05. The van der Waals surface area contributed by atoms with E-state index in [-0.39, 0.29) is 13.0 Å². The van der Waals surface area contributed by atoms with Gasteiger partial charge in [-0.2, -0.15) is 0 Å². The summed E-state index contributed by atoms with van der Waals surface area (Å²) in [6.07, 6.45) is 1.95. The van der Waals surface area contributed by atoms with E-state index < -0.39 is 11.9 Å². The van der Waals surface area contributed by atoms with E-state index in [9.17, 15) is 14.4 Å². The first-order valence-electron chi connectivity index (χ1n) is 3.10. The number of rotatable bonds is 4. The molecule has 1 amide bonds. The van der Waals surface area contributed by atoms with Crippen LogP contribution in [0, 0.1) is 0 Å². The molecule has 0 spiro atoms. The Hall–Kier alpha value is -1.74. The number of amides is 1. The molecule has 0 aromatic heterocycles. The van der Waals surface area contributed by atoms with Crippen LogP contribution in [0.5, 0.6) is 0 Å². The lowest BCUT2D eigenvalue weighted by molar-refractivity contribution is -0.138. The van der Waals surface area contributed by atoms with Gasteiger partial charge >= 0.3 is 5.97 Å². The van der Waals surface area contributed by atoms with E-state index in [4.69, 9.17) is 0 Å². The fourth-order valence-electron chi connectivity index (χ4n) is 0.405. The van der Waals surface area contributed by atoms with Crippen molar-refractivity contribution in [2.24, 2.45) is 4.99 Å². The molecule has 0 bridgehead atoms. The molecule has 0 atom stereocenters. The fourth-order valence-corrected chi connectivity index (χ4v) is 0.405. The molecule has 0 aliphatic rings. The predicted octanol–water partition coefficient (Wildman–Crippen LogP) is -0.0319. The highest BCUT2D eigenvalue weighted by Gasteiger charge is 2.00.